The van der Waals surface area contributed by atoms with Crippen LogP contribution in [0, 0.1) is 0 Å². The van der Waals surface area contributed by atoms with E-state index in [2.05, 4.69) is 22.8 Å². The van der Waals surface area contributed by atoms with E-state index in [0.29, 0.717) is 19.8 Å². The summed E-state index contributed by atoms with van der Waals surface area (Å²) in [5.41, 5.74) is 2.12. The van der Waals surface area contributed by atoms with E-state index in [1.165, 1.54) is 5.56 Å². The number of carbonyl (C=O) groups is 1. The van der Waals surface area contributed by atoms with Crippen LogP contribution in [0.25, 0.3) is 0 Å². The molecule has 2 aromatic rings. The first-order chi connectivity index (χ1) is 12.3. The molecular weight excluding hydrogens is 316 g/mol. The Labute approximate surface area is 149 Å². The summed E-state index contributed by atoms with van der Waals surface area (Å²) in [7, 11) is 1.65. The van der Waals surface area contributed by atoms with Gasteiger partial charge in [-0.1, -0.05) is 36.4 Å². The molecule has 0 saturated heterocycles. The fourth-order valence-corrected chi connectivity index (χ4v) is 2.32. The fourth-order valence-electron chi connectivity index (χ4n) is 2.32. The Balaban J connectivity index is 1.70. The van der Waals surface area contributed by atoms with E-state index in [-0.39, 0.29) is 12.5 Å². The molecule has 5 heteroatoms. The maximum Gasteiger partial charge on any atom is 0.239 e. The summed E-state index contributed by atoms with van der Waals surface area (Å²) in [6.45, 7) is 2.13. The zero-order chi connectivity index (χ0) is 17.7. The van der Waals surface area contributed by atoms with Crippen molar-refractivity contribution in [3.05, 3.63) is 60.2 Å². The first kappa shape index (κ1) is 18.8. The first-order valence-corrected chi connectivity index (χ1v) is 8.54. The second-order valence-corrected chi connectivity index (χ2v) is 5.66. The van der Waals surface area contributed by atoms with Crippen LogP contribution in [0.2, 0.25) is 0 Å². The van der Waals surface area contributed by atoms with Crippen LogP contribution in [0.5, 0.6) is 5.75 Å². The molecule has 2 aromatic carbocycles. The number of nitrogens with one attached hydrogen (secondary N) is 2. The van der Waals surface area contributed by atoms with Gasteiger partial charge in [-0.15, -0.1) is 0 Å². The van der Waals surface area contributed by atoms with Crippen LogP contribution in [0.1, 0.15) is 12.0 Å². The minimum absolute atomic E-state index is 0.0356. The standard InChI is InChI=1S/C20H26N2O3/c1-24-13-6-12-21-20(23)16-22-18-9-5-10-19(15-18)25-14-11-17-7-3-2-4-8-17/h2-5,7-10,15,22H,6,11-14,16H2,1H3,(H,21,23). The summed E-state index contributed by atoms with van der Waals surface area (Å²) in [5, 5.41) is 5.95. The van der Waals surface area contributed by atoms with Crippen molar-refractivity contribution in [1.29, 1.82) is 0 Å². The van der Waals surface area contributed by atoms with E-state index in [0.717, 1.165) is 24.3 Å². The number of carbonyl (C=O) groups excluding carboxylic acids is 1. The molecule has 0 unspecified atom stereocenters. The number of rotatable bonds is 11. The molecule has 0 spiro atoms. The van der Waals surface area contributed by atoms with Gasteiger partial charge in [0.2, 0.25) is 5.91 Å². The lowest BCUT2D eigenvalue weighted by Gasteiger charge is -2.10. The first-order valence-electron chi connectivity index (χ1n) is 8.54. The zero-order valence-corrected chi connectivity index (χ0v) is 14.7. The van der Waals surface area contributed by atoms with Crippen molar-refractivity contribution < 1.29 is 14.3 Å². The van der Waals surface area contributed by atoms with Crippen LogP contribution < -0.4 is 15.4 Å². The molecule has 0 heterocycles. The number of methoxy groups -OCH3 is 1. The van der Waals surface area contributed by atoms with Crippen LogP contribution >= 0.6 is 0 Å². The van der Waals surface area contributed by atoms with Gasteiger partial charge in [0.1, 0.15) is 5.75 Å². The molecule has 25 heavy (non-hydrogen) atoms. The Morgan fingerprint density at radius 3 is 2.68 bits per heavy atom. The molecule has 0 radical (unpaired) electrons. The van der Waals surface area contributed by atoms with Gasteiger partial charge in [0.25, 0.3) is 0 Å². The summed E-state index contributed by atoms with van der Waals surface area (Å²) >= 11 is 0. The van der Waals surface area contributed by atoms with Crippen LogP contribution in [0.4, 0.5) is 5.69 Å². The van der Waals surface area contributed by atoms with Gasteiger partial charge in [-0.3, -0.25) is 4.79 Å². The van der Waals surface area contributed by atoms with E-state index in [4.69, 9.17) is 9.47 Å². The SMILES string of the molecule is COCCCNC(=O)CNc1cccc(OCCc2ccccc2)c1. The molecule has 0 aliphatic rings. The van der Waals surface area contributed by atoms with Gasteiger partial charge in [0, 0.05) is 38.4 Å². The van der Waals surface area contributed by atoms with Crippen molar-refractivity contribution in [2.45, 2.75) is 12.8 Å². The topological polar surface area (TPSA) is 59.6 Å². The Morgan fingerprint density at radius 1 is 1.04 bits per heavy atom. The molecule has 0 fully saturated rings. The molecule has 0 aliphatic heterocycles. The highest BCUT2D eigenvalue weighted by atomic mass is 16.5. The smallest absolute Gasteiger partial charge is 0.239 e. The Hall–Kier alpha value is -2.53. The molecule has 0 saturated carbocycles. The molecule has 0 aromatic heterocycles. The minimum Gasteiger partial charge on any atom is -0.493 e. The Morgan fingerprint density at radius 2 is 1.88 bits per heavy atom. The zero-order valence-electron chi connectivity index (χ0n) is 14.7. The summed E-state index contributed by atoms with van der Waals surface area (Å²) in [4.78, 5) is 11.7. The van der Waals surface area contributed by atoms with Gasteiger partial charge in [0.15, 0.2) is 0 Å². The average Bonchev–Trinajstić information content (AvgIpc) is 2.65. The highest BCUT2D eigenvalue weighted by Gasteiger charge is 2.02. The molecule has 2 N–H and O–H groups in total. The number of hydrogen-bond donors (Lipinski definition) is 2. The van der Waals surface area contributed by atoms with Crippen molar-refractivity contribution >= 4 is 11.6 Å². The van der Waals surface area contributed by atoms with Gasteiger partial charge in [-0.2, -0.15) is 0 Å². The van der Waals surface area contributed by atoms with E-state index in [1.807, 2.05) is 42.5 Å². The quantitative estimate of drug-likeness (QED) is 0.617. The molecule has 0 aliphatic carbocycles. The maximum absolute atomic E-state index is 11.7. The second-order valence-electron chi connectivity index (χ2n) is 5.66. The number of ether oxygens (including phenoxy) is 2. The van der Waals surface area contributed by atoms with Crippen molar-refractivity contribution in [3.63, 3.8) is 0 Å². The molecule has 1 amide bonds. The van der Waals surface area contributed by atoms with Crippen LogP contribution in [0.3, 0.4) is 0 Å². The number of amides is 1. The predicted molar refractivity (Wildman–Crippen MR) is 100 cm³/mol. The lowest BCUT2D eigenvalue weighted by molar-refractivity contribution is -0.119. The van der Waals surface area contributed by atoms with Crippen molar-refractivity contribution in [1.82, 2.24) is 5.32 Å². The summed E-state index contributed by atoms with van der Waals surface area (Å²) in [6.07, 6.45) is 1.68. The summed E-state index contributed by atoms with van der Waals surface area (Å²) in [6, 6.07) is 17.9. The summed E-state index contributed by atoms with van der Waals surface area (Å²) in [5.74, 6) is 0.757. The average molecular weight is 342 g/mol. The highest BCUT2D eigenvalue weighted by molar-refractivity contribution is 5.80. The summed E-state index contributed by atoms with van der Waals surface area (Å²) < 4.78 is 10.7. The van der Waals surface area contributed by atoms with Gasteiger partial charge >= 0.3 is 0 Å². The second kappa shape index (κ2) is 11.1. The minimum atomic E-state index is -0.0356. The lowest BCUT2D eigenvalue weighted by Crippen LogP contribution is -2.31. The predicted octanol–water partition coefficient (Wildman–Crippen LogP) is 2.87. The molecule has 134 valence electrons. The van der Waals surface area contributed by atoms with Crippen molar-refractivity contribution in [3.8, 4) is 5.75 Å². The third-order valence-electron chi connectivity index (χ3n) is 3.64. The monoisotopic (exact) mass is 342 g/mol. The van der Waals surface area contributed by atoms with E-state index >= 15 is 0 Å². The molecule has 5 nitrogen and oxygen atoms in total. The van der Waals surface area contributed by atoms with E-state index in [9.17, 15) is 4.79 Å². The number of hydrogen-bond acceptors (Lipinski definition) is 4. The van der Waals surface area contributed by atoms with E-state index in [1.54, 1.807) is 7.11 Å². The van der Waals surface area contributed by atoms with Gasteiger partial charge < -0.3 is 20.1 Å². The molecular formula is C20H26N2O3. The van der Waals surface area contributed by atoms with Gasteiger partial charge in [-0.25, -0.2) is 0 Å². The van der Waals surface area contributed by atoms with Crippen LogP contribution in [-0.2, 0) is 16.0 Å². The largest absolute Gasteiger partial charge is 0.493 e. The fraction of sp³-hybridized carbons (Fsp3) is 0.350. The maximum atomic E-state index is 11.7. The van der Waals surface area contributed by atoms with E-state index < -0.39 is 0 Å². The molecule has 0 bridgehead atoms. The normalized spacial score (nSPS) is 10.3. The van der Waals surface area contributed by atoms with Gasteiger partial charge in [0.05, 0.1) is 13.2 Å². The molecule has 2 rings (SSSR count). The number of anilines is 1. The number of benzene rings is 2. The Kier molecular flexibility index (Phi) is 8.35. The van der Waals surface area contributed by atoms with Crippen molar-refractivity contribution in [2.75, 3.05) is 38.7 Å². The molecule has 0 atom stereocenters. The third kappa shape index (κ3) is 7.72. The van der Waals surface area contributed by atoms with Gasteiger partial charge in [-0.05, 0) is 24.1 Å². The third-order valence-corrected chi connectivity index (χ3v) is 3.64. The highest BCUT2D eigenvalue weighted by Crippen LogP contribution is 2.17. The lowest BCUT2D eigenvalue weighted by atomic mass is 10.2. The van der Waals surface area contributed by atoms with Crippen molar-refractivity contribution in [2.24, 2.45) is 0 Å². The van der Waals surface area contributed by atoms with Crippen LogP contribution in [-0.4, -0.2) is 39.3 Å². The Bertz CT molecular complexity index is 632. The van der Waals surface area contributed by atoms with Crippen LogP contribution in [0.15, 0.2) is 54.6 Å².